The summed E-state index contributed by atoms with van der Waals surface area (Å²) >= 11 is 0. The van der Waals surface area contributed by atoms with Crippen molar-refractivity contribution in [3.05, 3.63) is 29.8 Å². The number of hydrogen-bond acceptors (Lipinski definition) is 3. The topological polar surface area (TPSA) is 32.8 Å². The van der Waals surface area contributed by atoms with E-state index in [1.807, 2.05) is 31.3 Å². The molecule has 0 aliphatic carbocycles. The molecule has 1 heterocycles. The van der Waals surface area contributed by atoms with Crippen molar-refractivity contribution in [1.82, 2.24) is 9.80 Å². The summed E-state index contributed by atoms with van der Waals surface area (Å²) in [7, 11) is 3.53. The molecule has 1 aliphatic rings. The van der Waals surface area contributed by atoms with Crippen LogP contribution >= 0.6 is 0 Å². The van der Waals surface area contributed by atoms with Crippen LogP contribution in [0.15, 0.2) is 24.3 Å². The monoisotopic (exact) mass is 290 g/mol. The van der Waals surface area contributed by atoms with Crippen molar-refractivity contribution in [3.8, 4) is 5.75 Å². The molecule has 0 atom stereocenters. The summed E-state index contributed by atoms with van der Waals surface area (Å²) in [5.74, 6) is 1.03. The maximum atomic E-state index is 12.3. The summed E-state index contributed by atoms with van der Waals surface area (Å²) in [5, 5.41) is 0. The van der Waals surface area contributed by atoms with Crippen molar-refractivity contribution in [1.29, 1.82) is 0 Å². The van der Waals surface area contributed by atoms with E-state index in [-0.39, 0.29) is 5.91 Å². The largest absolute Gasteiger partial charge is 0.497 e. The van der Waals surface area contributed by atoms with E-state index in [1.54, 1.807) is 12.0 Å². The summed E-state index contributed by atoms with van der Waals surface area (Å²) in [5.41, 5.74) is 1.10. The molecule has 1 aliphatic heterocycles. The van der Waals surface area contributed by atoms with Gasteiger partial charge in [-0.15, -0.1) is 0 Å². The van der Waals surface area contributed by atoms with E-state index in [0.717, 1.165) is 24.4 Å². The Labute approximate surface area is 127 Å². The van der Waals surface area contributed by atoms with Gasteiger partial charge in [0.25, 0.3) is 0 Å². The van der Waals surface area contributed by atoms with Crippen LogP contribution in [0.2, 0.25) is 0 Å². The number of benzene rings is 1. The van der Waals surface area contributed by atoms with E-state index in [2.05, 4.69) is 4.90 Å². The summed E-state index contributed by atoms with van der Waals surface area (Å²) in [4.78, 5) is 16.4. The van der Waals surface area contributed by atoms with Gasteiger partial charge >= 0.3 is 0 Å². The summed E-state index contributed by atoms with van der Waals surface area (Å²) < 4.78 is 5.22. The predicted molar refractivity (Wildman–Crippen MR) is 84.4 cm³/mol. The zero-order chi connectivity index (χ0) is 15.1. The van der Waals surface area contributed by atoms with Crippen molar-refractivity contribution in [2.45, 2.75) is 32.2 Å². The molecule has 0 N–H and O–H groups in total. The minimum Gasteiger partial charge on any atom is -0.497 e. The number of amides is 1. The lowest BCUT2D eigenvalue weighted by Gasteiger charge is -2.23. The van der Waals surface area contributed by atoms with Crippen molar-refractivity contribution in [2.24, 2.45) is 0 Å². The van der Waals surface area contributed by atoms with Gasteiger partial charge < -0.3 is 9.64 Å². The summed E-state index contributed by atoms with van der Waals surface area (Å²) in [6, 6.07) is 7.89. The number of carbonyl (C=O) groups is 1. The number of hydrogen-bond donors (Lipinski definition) is 0. The smallest absolute Gasteiger partial charge is 0.236 e. The van der Waals surface area contributed by atoms with E-state index in [9.17, 15) is 4.79 Å². The average molecular weight is 290 g/mol. The first-order valence-corrected chi connectivity index (χ1v) is 7.78. The Bertz CT molecular complexity index is 454. The highest BCUT2D eigenvalue weighted by Gasteiger charge is 2.16. The van der Waals surface area contributed by atoms with Gasteiger partial charge in [-0.1, -0.05) is 25.0 Å². The molecule has 4 nitrogen and oxygen atoms in total. The van der Waals surface area contributed by atoms with Gasteiger partial charge in [0.05, 0.1) is 13.7 Å². The van der Waals surface area contributed by atoms with Crippen LogP contribution < -0.4 is 4.74 Å². The fraction of sp³-hybridized carbons (Fsp3) is 0.588. The molecule has 0 bridgehead atoms. The Morgan fingerprint density at radius 1 is 1.24 bits per heavy atom. The number of likely N-dealkylation sites (tertiary alicyclic amines) is 1. The number of rotatable bonds is 5. The Kier molecular flexibility index (Phi) is 6.05. The molecule has 1 amide bonds. The lowest BCUT2D eigenvalue weighted by atomic mass is 10.2. The zero-order valence-corrected chi connectivity index (χ0v) is 13.2. The number of ether oxygens (including phenoxy) is 1. The number of nitrogens with zero attached hydrogens (tertiary/aromatic N) is 2. The lowest BCUT2D eigenvalue weighted by Crippen LogP contribution is -2.38. The quantitative estimate of drug-likeness (QED) is 0.835. The normalized spacial score (nSPS) is 16.3. The van der Waals surface area contributed by atoms with Crippen LogP contribution in [0.5, 0.6) is 5.75 Å². The molecule has 0 unspecified atom stereocenters. The van der Waals surface area contributed by atoms with Crippen LogP contribution in [0, 0.1) is 0 Å². The minimum absolute atomic E-state index is 0.194. The fourth-order valence-corrected chi connectivity index (χ4v) is 2.74. The van der Waals surface area contributed by atoms with Crippen LogP contribution in [0.1, 0.15) is 31.2 Å². The number of methoxy groups -OCH3 is 1. The van der Waals surface area contributed by atoms with Crippen LogP contribution in [-0.4, -0.2) is 49.5 Å². The second kappa shape index (κ2) is 8.03. The first-order chi connectivity index (χ1) is 10.2. The van der Waals surface area contributed by atoms with E-state index < -0.39 is 0 Å². The van der Waals surface area contributed by atoms with Crippen molar-refractivity contribution < 1.29 is 9.53 Å². The highest BCUT2D eigenvalue weighted by atomic mass is 16.5. The van der Waals surface area contributed by atoms with Crippen LogP contribution in [-0.2, 0) is 11.3 Å². The van der Waals surface area contributed by atoms with Crippen molar-refractivity contribution in [2.75, 3.05) is 33.8 Å². The van der Waals surface area contributed by atoms with E-state index in [4.69, 9.17) is 4.74 Å². The minimum atomic E-state index is 0.194. The van der Waals surface area contributed by atoms with Gasteiger partial charge in [-0.25, -0.2) is 0 Å². The van der Waals surface area contributed by atoms with Gasteiger partial charge in [0.15, 0.2) is 0 Å². The third-order valence-electron chi connectivity index (χ3n) is 4.04. The molecule has 1 aromatic rings. The average Bonchev–Trinajstić information content (AvgIpc) is 2.76. The third-order valence-corrected chi connectivity index (χ3v) is 4.04. The third kappa shape index (κ3) is 5.05. The molecule has 4 heteroatoms. The summed E-state index contributed by atoms with van der Waals surface area (Å²) in [6.45, 7) is 3.28. The molecule has 21 heavy (non-hydrogen) atoms. The van der Waals surface area contributed by atoms with Gasteiger partial charge in [-0.2, -0.15) is 0 Å². The lowest BCUT2D eigenvalue weighted by molar-refractivity contribution is -0.131. The molecule has 0 radical (unpaired) electrons. The standard InChI is InChI=1S/C17H26N2O2/c1-18(13-15-8-7-9-16(12-15)21-2)17(20)14-19-10-5-3-4-6-11-19/h7-9,12H,3-6,10-11,13-14H2,1-2H3. The number of carbonyl (C=O) groups excluding carboxylic acids is 1. The molecule has 0 saturated carbocycles. The highest BCUT2D eigenvalue weighted by Crippen LogP contribution is 2.14. The second-order valence-corrected chi connectivity index (χ2v) is 5.79. The zero-order valence-electron chi connectivity index (χ0n) is 13.2. The maximum Gasteiger partial charge on any atom is 0.236 e. The predicted octanol–water partition coefficient (Wildman–Crippen LogP) is 2.53. The van der Waals surface area contributed by atoms with Crippen LogP contribution in [0.3, 0.4) is 0 Å². The highest BCUT2D eigenvalue weighted by molar-refractivity contribution is 5.78. The number of likely N-dealkylation sites (N-methyl/N-ethyl adjacent to an activating group) is 1. The maximum absolute atomic E-state index is 12.3. The van der Waals surface area contributed by atoms with Gasteiger partial charge in [-0.3, -0.25) is 9.69 Å². The van der Waals surface area contributed by atoms with Gasteiger partial charge in [0, 0.05) is 13.6 Å². The van der Waals surface area contributed by atoms with Crippen molar-refractivity contribution >= 4 is 5.91 Å². The Hall–Kier alpha value is -1.55. The molecule has 1 saturated heterocycles. The van der Waals surface area contributed by atoms with Gasteiger partial charge in [-0.05, 0) is 43.6 Å². The van der Waals surface area contributed by atoms with E-state index in [1.165, 1.54) is 25.7 Å². The molecule has 0 spiro atoms. The van der Waals surface area contributed by atoms with Crippen molar-refractivity contribution in [3.63, 3.8) is 0 Å². The first-order valence-electron chi connectivity index (χ1n) is 7.78. The fourth-order valence-electron chi connectivity index (χ4n) is 2.74. The molecule has 116 valence electrons. The van der Waals surface area contributed by atoms with Crippen LogP contribution in [0.4, 0.5) is 0 Å². The SMILES string of the molecule is COc1cccc(CN(C)C(=O)CN2CCCCCC2)c1. The van der Waals surface area contributed by atoms with Crippen LogP contribution in [0.25, 0.3) is 0 Å². The molecule has 1 fully saturated rings. The van der Waals surface area contributed by atoms with Gasteiger partial charge in [0.1, 0.15) is 5.75 Å². The van der Waals surface area contributed by atoms with Gasteiger partial charge in [0.2, 0.25) is 5.91 Å². The van der Waals surface area contributed by atoms with E-state index in [0.29, 0.717) is 13.1 Å². The molecule has 2 rings (SSSR count). The van der Waals surface area contributed by atoms with E-state index >= 15 is 0 Å². The molecular weight excluding hydrogens is 264 g/mol. The Morgan fingerprint density at radius 3 is 2.62 bits per heavy atom. The Balaban J connectivity index is 1.86. The summed E-state index contributed by atoms with van der Waals surface area (Å²) in [6.07, 6.45) is 5.02. The first kappa shape index (κ1) is 15.8. The molecule has 1 aromatic carbocycles. The second-order valence-electron chi connectivity index (χ2n) is 5.79. The molecular formula is C17H26N2O2. The Morgan fingerprint density at radius 2 is 1.95 bits per heavy atom. The molecule has 0 aromatic heterocycles.